The maximum atomic E-state index is 5.81. The SMILES string of the molecule is CC(CCNC1CCCC1CN)c1ccccc1. The Labute approximate surface area is 111 Å². The molecule has 0 saturated heterocycles. The van der Waals surface area contributed by atoms with E-state index in [4.69, 9.17) is 5.73 Å². The fraction of sp³-hybridized carbons (Fsp3) is 0.625. The van der Waals surface area contributed by atoms with E-state index in [9.17, 15) is 0 Å². The number of rotatable bonds is 6. The quantitative estimate of drug-likeness (QED) is 0.810. The molecule has 2 heteroatoms. The highest BCUT2D eigenvalue weighted by molar-refractivity contribution is 5.18. The molecule has 0 aromatic heterocycles. The molecule has 1 saturated carbocycles. The first-order valence-electron chi connectivity index (χ1n) is 7.29. The molecule has 3 atom stereocenters. The maximum Gasteiger partial charge on any atom is 0.0107 e. The van der Waals surface area contributed by atoms with Crippen molar-refractivity contribution in [2.45, 2.75) is 44.6 Å². The number of nitrogens with one attached hydrogen (secondary N) is 1. The number of hydrogen-bond donors (Lipinski definition) is 2. The average Bonchev–Trinajstić information content (AvgIpc) is 2.87. The largest absolute Gasteiger partial charge is 0.330 e. The van der Waals surface area contributed by atoms with Crippen LogP contribution in [-0.4, -0.2) is 19.1 Å². The van der Waals surface area contributed by atoms with Crippen LogP contribution in [0.5, 0.6) is 0 Å². The Morgan fingerprint density at radius 3 is 2.78 bits per heavy atom. The van der Waals surface area contributed by atoms with Gasteiger partial charge in [0.05, 0.1) is 0 Å². The number of benzene rings is 1. The van der Waals surface area contributed by atoms with Crippen molar-refractivity contribution in [2.24, 2.45) is 11.7 Å². The van der Waals surface area contributed by atoms with Gasteiger partial charge in [0.1, 0.15) is 0 Å². The Morgan fingerprint density at radius 1 is 1.28 bits per heavy atom. The molecule has 1 aromatic carbocycles. The molecule has 2 nitrogen and oxygen atoms in total. The van der Waals surface area contributed by atoms with Crippen molar-refractivity contribution in [3.8, 4) is 0 Å². The van der Waals surface area contributed by atoms with Crippen LogP contribution in [-0.2, 0) is 0 Å². The summed E-state index contributed by atoms with van der Waals surface area (Å²) in [6.07, 6.45) is 5.16. The third-order valence-electron chi connectivity index (χ3n) is 4.31. The summed E-state index contributed by atoms with van der Waals surface area (Å²) in [6.45, 7) is 4.26. The van der Waals surface area contributed by atoms with Gasteiger partial charge in [0, 0.05) is 6.04 Å². The predicted octanol–water partition coefficient (Wildman–Crippen LogP) is 2.90. The van der Waals surface area contributed by atoms with E-state index in [2.05, 4.69) is 42.6 Å². The first-order chi connectivity index (χ1) is 8.81. The summed E-state index contributed by atoms with van der Waals surface area (Å²) in [5.41, 5.74) is 7.25. The highest BCUT2D eigenvalue weighted by atomic mass is 14.9. The second kappa shape index (κ2) is 6.91. The topological polar surface area (TPSA) is 38.0 Å². The summed E-state index contributed by atoms with van der Waals surface area (Å²) in [6, 6.07) is 11.4. The van der Waals surface area contributed by atoms with Crippen molar-refractivity contribution in [3.05, 3.63) is 35.9 Å². The van der Waals surface area contributed by atoms with Gasteiger partial charge in [0.15, 0.2) is 0 Å². The van der Waals surface area contributed by atoms with Gasteiger partial charge in [-0.15, -0.1) is 0 Å². The molecule has 0 amide bonds. The third kappa shape index (κ3) is 3.56. The lowest BCUT2D eigenvalue weighted by Crippen LogP contribution is -2.36. The minimum absolute atomic E-state index is 0.636. The molecule has 0 heterocycles. The van der Waals surface area contributed by atoms with Gasteiger partial charge in [-0.25, -0.2) is 0 Å². The van der Waals surface area contributed by atoms with Crippen LogP contribution in [0.15, 0.2) is 30.3 Å². The van der Waals surface area contributed by atoms with Crippen LogP contribution in [0.3, 0.4) is 0 Å². The maximum absolute atomic E-state index is 5.81. The fourth-order valence-electron chi connectivity index (χ4n) is 3.02. The molecule has 100 valence electrons. The zero-order chi connectivity index (χ0) is 12.8. The zero-order valence-electron chi connectivity index (χ0n) is 11.4. The minimum atomic E-state index is 0.636. The molecule has 3 unspecified atom stereocenters. The molecular formula is C16H26N2. The summed E-state index contributed by atoms with van der Waals surface area (Å²) in [5, 5.41) is 3.70. The van der Waals surface area contributed by atoms with Gasteiger partial charge in [-0.05, 0) is 49.8 Å². The highest BCUT2D eigenvalue weighted by Crippen LogP contribution is 2.25. The fourth-order valence-corrected chi connectivity index (χ4v) is 3.02. The van der Waals surface area contributed by atoms with Crippen LogP contribution in [0.1, 0.15) is 44.1 Å². The van der Waals surface area contributed by atoms with Crippen LogP contribution in [0.4, 0.5) is 0 Å². The van der Waals surface area contributed by atoms with Crippen LogP contribution in [0.2, 0.25) is 0 Å². The Kier molecular flexibility index (Phi) is 5.21. The van der Waals surface area contributed by atoms with E-state index >= 15 is 0 Å². The molecule has 1 aliphatic carbocycles. The lowest BCUT2D eigenvalue weighted by Gasteiger charge is -2.21. The Hall–Kier alpha value is -0.860. The molecule has 0 bridgehead atoms. The zero-order valence-corrected chi connectivity index (χ0v) is 11.4. The van der Waals surface area contributed by atoms with E-state index in [1.54, 1.807) is 0 Å². The molecule has 3 N–H and O–H groups in total. The van der Waals surface area contributed by atoms with Gasteiger partial charge in [-0.3, -0.25) is 0 Å². The Balaban J connectivity index is 1.72. The van der Waals surface area contributed by atoms with Gasteiger partial charge in [0.2, 0.25) is 0 Å². The molecule has 18 heavy (non-hydrogen) atoms. The predicted molar refractivity (Wildman–Crippen MR) is 77.7 cm³/mol. The average molecular weight is 246 g/mol. The van der Waals surface area contributed by atoms with E-state index in [1.807, 2.05) is 0 Å². The minimum Gasteiger partial charge on any atom is -0.330 e. The van der Waals surface area contributed by atoms with E-state index in [0.717, 1.165) is 13.1 Å². The number of hydrogen-bond acceptors (Lipinski definition) is 2. The van der Waals surface area contributed by atoms with Gasteiger partial charge in [-0.2, -0.15) is 0 Å². The van der Waals surface area contributed by atoms with Crippen LogP contribution >= 0.6 is 0 Å². The molecule has 2 rings (SSSR count). The monoisotopic (exact) mass is 246 g/mol. The van der Waals surface area contributed by atoms with Crippen LogP contribution < -0.4 is 11.1 Å². The molecule has 1 fully saturated rings. The summed E-state index contributed by atoms with van der Waals surface area (Å²) in [4.78, 5) is 0. The summed E-state index contributed by atoms with van der Waals surface area (Å²) in [7, 11) is 0. The lowest BCUT2D eigenvalue weighted by molar-refractivity contribution is 0.400. The smallest absolute Gasteiger partial charge is 0.0107 e. The lowest BCUT2D eigenvalue weighted by atomic mass is 9.97. The van der Waals surface area contributed by atoms with E-state index in [1.165, 1.54) is 31.2 Å². The van der Waals surface area contributed by atoms with Crippen LogP contribution in [0.25, 0.3) is 0 Å². The standard InChI is InChI=1S/C16H26N2/c1-13(14-6-3-2-4-7-14)10-11-18-16-9-5-8-15(16)12-17/h2-4,6-7,13,15-16,18H,5,8-12,17H2,1H3. The van der Waals surface area contributed by atoms with E-state index < -0.39 is 0 Å². The Bertz CT molecular complexity index is 336. The van der Waals surface area contributed by atoms with Crippen molar-refractivity contribution in [1.29, 1.82) is 0 Å². The van der Waals surface area contributed by atoms with Gasteiger partial charge < -0.3 is 11.1 Å². The second-order valence-corrected chi connectivity index (χ2v) is 5.59. The van der Waals surface area contributed by atoms with Crippen molar-refractivity contribution >= 4 is 0 Å². The Morgan fingerprint density at radius 2 is 2.06 bits per heavy atom. The normalized spacial score (nSPS) is 25.2. The molecule has 0 radical (unpaired) electrons. The first kappa shape index (κ1) is 13.6. The summed E-state index contributed by atoms with van der Waals surface area (Å²) < 4.78 is 0. The molecule has 0 spiro atoms. The van der Waals surface area contributed by atoms with E-state index in [-0.39, 0.29) is 0 Å². The molecule has 0 aliphatic heterocycles. The molecule has 1 aromatic rings. The van der Waals surface area contributed by atoms with Crippen molar-refractivity contribution in [2.75, 3.05) is 13.1 Å². The van der Waals surface area contributed by atoms with Gasteiger partial charge >= 0.3 is 0 Å². The number of nitrogens with two attached hydrogens (primary N) is 1. The van der Waals surface area contributed by atoms with E-state index in [0.29, 0.717) is 17.9 Å². The first-order valence-corrected chi connectivity index (χ1v) is 7.29. The van der Waals surface area contributed by atoms with Gasteiger partial charge in [0.25, 0.3) is 0 Å². The molecule has 1 aliphatic rings. The van der Waals surface area contributed by atoms with Crippen molar-refractivity contribution in [3.63, 3.8) is 0 Å². The second-order valence-electron chi connectivity index (χ2n) is 5.59. The highest BCUT2D eigenvalue weighted by Gasteiger charge is 2.25. The summed E-state index contributed by atoms with van der Waals surface area (Å²) >= 11 is 0. The van der Waals surface area contributed by atoms with Gasteiger partial charge in [-0.1, -0.05) is 43.7 Å². The summed E-state index contributed by atoms with van der Waals surface area (Å²) in [5.74, 6) is 1.34. The third-order valence-corrected chi connectivity index (χ3v) is 4.31. The van der Waals surface area contributed by atoms with Crippen molar-refractivity contribution in [1.82, 2.24) is 5.32 Å². The van der Waals surface area contributed by atoms with Crippen molar-refractivity contribution < 1.29 is 0 Å². The van der Waals surface area contributed by atoms with Crippen LogP contribution in [0, 0.1) is 5.92 Å². The molecular weight excluding hydrogens is 220 g/mol.